The number of ketones is 1. The van der Waals surface area contributed by atoms with Gasteiger partial charge in [-0.2, -0.15) is 0 Å². The van der Waals surface area contributed by atoms with E-state index in [0.717, 1.165) is 10.9 Å². The van der Waals surface area contributed by atoms with Gasteiger partial charge in [-0.1, -0.05) is 35.8 Å². The molecule has 16 heavy (non-hydrogen) atoms. The van der Waals surface area contributed by atoms with Gasteiger partial charge in [-0.25, -0.2) is 4.39 Å². The molecule has 0 saturated heterocycles. The van der Waals surface area contributed by atoms with E-state index < -0.39 is 0 Å². The van der Waals surface area contributed by atoms with Crippen LogP contribution in [-0.2, 0) is 11.2 Å². The quantitative estimate of drug-likeness (QED) is 0.795. The van der Waals surface area contributed by atoms with Crippen molar-refractivity contribution in [2.45, 2.75) is 33.1 Å². The molecule has 0 heterocycles. The lowest BCUT2D eigenvalue weighted by Crippen LogP contribution is -2.07. The molecule has 0 atom stereocenters. The normalized spacial score (nSPS) is 10.8. The van der Waals surface area contributed by atoms with Crippen molar-refractivity contribution >= 4 is 21.7 Å². The fourth-order valence-corrected chi connectivity index (χ4v) is 1.80. The third kappa shape index (κ3) is 4.05. The summed E-state index contributed by atoms with van der Waals surface area (Å²) in [5, 5.41) is 0. The molecule has 0 saturated carbocycles. The van der Waals surface area contributed by atoms with Crippen molar-refractivity contribution in [1.29, 1.82) is 0 Å². The van der Waals surface area contributed by atoms with Gasteiger partial charge in [0.1, 0.15) is 11.6 Å². The van der Waals surface area contributed by atoms with Crippen LogP contribution < -0.4 is 0 Å². The van der Waals surface area contributed by atoms with Gasteiger partial charge in [0.25, 0.3) is 0 Å². The van der Waals surface area contributed by atoms with Crippen molar-refractivity contribution in [3.8, 4) is 0 Å². The van der Waals surface area contributed by atoms with Crippen LogP contribution in [-0.4, -0.2) is 5.78 Å². The van der Waals surface area contributed by atoms with Gasteiger partial charge in [-0.15, -0.1) is 0 Å². The Kier molecular flexibility index (Phi) is 5.13. The number of hydrogen-bond acceptors (Lipinski definition) is 1. The van der Waals surface area contributed by atoms with Crippen LogP contribution in [0.25, 0.3) is 0 Å². The first-order chi connectivity index (χ1) is 7.50. The zero-order valence-corrected chi connectivity index (χ0v) is 11.2. The molecule has 1 aromatic rings. The van der Waals surface area contributed by atoms with Gasteiger partial charge in [0.2, 0.25) is 0 Å². The van der Waals surface area contributed by atoms with E-state index in [2.05, 4.69) is 15.9 Å². The van der Waals surface area contributed by atoms with Gasteiger partial charge in [0, 0.05) is 16.8 Å². The van der Waals surface area contributed by atoms with Crippen molar-refractivity contribution in [1.82, 2.24) is 0 Å². The summed E-state index contributed by atoms with van der Waals surface area (Å²) in [6.07, 6.45) is 1.88. The molecule has 0 aliphatic carbocycles. The van der Waals surface area contributed by atoms with E-state index in [1.165, 1.54) is 6.07 Å². The van der Waals surface area contributed by atoms with Crippen molar-refractivity contribution in [3.05, 3.63) is 34.1 Å². The predicted octanol–water partition coefficient (Wildman–Crippen LogP) is 4.14. The summed E-state index contributed by atoms with van der Waals surface area (Å²) in [5.41, 5.74) is 0.680. The summed E-state index contributed by atoms with van der Waals surface area (Å²) in [5.74, 6) is 0.124. The lowest BCUT2D eigenvalue weighted by Gasteiger charge is -2.05. The van der Waals surface area contributed by atoms with Gasteiger partial charge in [0.15, 0.2) is 0 Å². The van der Waals surface area contributed by atoms with Crippen molar-refractivity contribution in [2.24, 2.45) is 5.92 Å². The molecule has 0 fully saturated rings. The molecule has 0 amide bonds. The zero-order valence-electron chi connectivity index (χ0n) is 9.59. The van der Waals surface area contributed by atoms with E-state index in [0.29, 0.717) is 18.4 Å². The number of rotatable bonds is 5. The standard InChI is InChI=1S/C13H16BrFO/c1-9(2)13(16)5-3-4-10-6-7-11(14)8-12(10)15/h6-9H,3-5H2,1-2H3. The first-order valence-corrected chi connectivity index (χ1v) is 6.26. The second-order valence-corrected chi connectivity index (χ2v) is 5.13. The van der Waals surface area contributed by atoms with Crippen molar-refractivity contribution < 1.29 is 9.18 Å². The molecular weight excluding hydrogens is 271 g/mol. The monoisotopic (exact) mass is 286 g/mol. The van der Waals surface area contributed by atoms with E-state index in [-0.39, 0.29) is 17.5 Å². The Morgan fingerprint density at radius 1 is 1.44 bits per heavy atom. The van der Waals surface area contributed by atoms with Crippen LogP contribution in [0.2, 0.25) is 0 Å². The van der Waals surface area contributed by atoms with Gasteiger partial charge in [-0.3, -0.25) is 4.79 Å². The number of halogens is 2. The maximum Gasteiger partial charge on any atom is 0.135 e. The van der Waals surface area contributed by atoms with Crippen molar-refractivity contribution in [3.63, 3.8) is 0 Å². The maximum atomic E-state index is 13.4. The van der Waals surface area contributed by atoms with Crippen LogP contribution in [0.1, 0.15) is 32.3 Å². The molecule has 0 radical (unpaired) electrons. The van der Waals surface area contributed by atoms with Gasteiger partial charge in [-0.05, 0) is 30.5 Å². The Labute approximate surface area is 104 Å². The molecule has 0 aliphatic rings. The highest BCUT2D eigenvalue weighted by Gasteiger charge is 2.08. The molecule has 1 nitrogen and oxygen atoms in total. The molecule has 1 aromatic carbocycles. The summed E-state index contributed by atoms with van der Waals surface area (Å²) in [4.78, 5) is 11.4. The zero-order chi connectivity index (χ0) is 12.1. The molecule has 88 valence electrons. The van der Waals surface area contributed by atoms with E-state index in [1.54, 1.807) is 6.07 Å². The van der Waals surface area contributed by atoms with E-state index in [9.17, 15) is 9.18 Å². The summed E-state index contributed by atoms with van der Waals surface area (Å²) >= 11 is 3.21. The van der Waals surface area contributed by atoms with Gasteiger partial charge in [0.05, 0.1) is 0 Å². The molecule has 3 heteroatoms. The predicted molar refractivity (Wildman–Crippen MR) is 66.9 cm³/mol. The second-order valence-electron chi connectivity index (χ2n) is 4.21. The second kappa shape index (κ2) is 6.14. The van der Waals surface area contributed by atoms with Crippen LogP contribution in [0.15, 0.2) is 22.7 Å². The highest BCUT2D eigenvalue weighted by molar-refractivity contribution is 9.10. The Hall–Kier alpha value is -0.700. The number of carbonyl (C=O) groups excluding carboxylic acids is 1. The Bertz CT molecular complexity index is 374. The fraction of sp³-hybridized carbons (Fsp3) is 0.462. The number of hydrogen-bond donors (Lipinski definition) is 0. The average Bonchev–Trinajstić information content (AvgIpc) is 2.20. The topological polar surface area (TPSA) is 17.1 Å². The number of Topliss-reactive ketones (excluding diaryl/α,β-unsaturated/α-hetero) is 1. The minimum atomic E-state index is -0.202. The van der Waals surface area contributed by atoms with Crippen LogP contribution in [0, 0.1) is 11.7 Å². The van der Waals surface area contributed by atoms with Crippen LogP contribution in [0.4, 0.5) is 4.39 Å². The minimum absolute atomic E-state index is 0.0785. The minimum Gasteiger partial charge on any atom is -0.299 e. The molecular formula is C13H16BrFO. The van der Waals surface area contributed by atoms with E-state index in [4.69, 9.17) is 0 Å². The Morgan fingerprint density at radius 2 is 2.12 bits per heavy atom. The Morgan fingerprint density at radius 3 is 2.69 bits per heavy atom. The molecule has 0 spiro atoms. The molecule has 0 N–H and O–H groups in total. The Balaban J connectivity index is 2.46. The van der Waals surface area contributed by atoms with Crippen molar-refractivity contribution in [2.75, 3.05) is 0 Å². The SMILES string of the molecule is CC(C)C(=O)CCCc1ccc(Br)cc1F. The summed E-state index contributed by atoms with van der Waals surface area (Å²) in [6.45, 7) is 3.78. The highest BCUT2D eigenvalue weighted by Crippen LogP contribution is 2.17. The molecule has 0 aliphatic heterocycles. The summed E-state index contributed by atoms with van der Waals surface area (Å²) in [6, 6.07) is 5.04. The largest absolute Gasteiger partial charge is 0.299 e. The summed E-state index contributed by atoms with van der Waals surface area (Å²) < 4.78 is 14.2. The molecule has 1 rings (SSSR count). The first-order valence-electron chi connectivity index (χ1n) is 5.47. The highest BCUT2D eigenvalue weighted by atomic mass is 79.9. The molecule has 0 unspecified atom stereocenters. The van der Waals surface area contributed by atoms with Crippen LogP contribution in [0.3, 0.4) is 0 Å². The van der Waals surface area contributed by atoms with E-state index >= 15 is 0 Å². The first kappa shape index (κ1) is 13.4. The third-order valence-corrected chi connectivity index (χ3v) is 3.02. The smallest absolute Gasteiger partial charge is 0.135 e. The molecule has 0 bridgehead atoms. The van der Waals surface area contributed by atoms with Gasteiger partial charge < -0.3 is 0 Å². The lowest BCUT2D eigenvalue weighted by atomic mass is 10.0. The number of carbonyl (C=O) groups is 1. The lowest BCUT2D eigenvalue weighted by molar-refractivity contribution is -0.121. The third-order valence-electron chi connectivity index (χ3n) is 2.53. The van der Waals surface area contributed by atoms with Crippen LogP contribution >= 0.6 is 15.9 Å². The average molecular weight is 287 g/mol. The van der Waals surface area contributed by atoms with Crippen LogP contribution in [0.5, 0.6) is 0 Å². The fourth-order valence-electron chi connectivity index (χ4n) is 1.47. The molecule has 0 aromatic heterocycles. The maximum absolute atomic E-state index is 13.4. The van der Waals surface area contributed by atoms with Gasteiger partial charge >= 0.3 is 0 Å². The number of benzene rings is 1. The van der Waals surface area contributed by atoms with E-state index in [1.807, 2.05) is 19.9 Å². The number of aryl methyl sites for hydroxylation is 1. The summed E-state index contributed by atoms with van der Waals surface area (Å²) in [7, 11) is 0.